The van der Waals surface area contributed by atoms with Crippen molar-refractivity contribution < 1.29 is 4.79 Å². The van der Waals surface area contributed by atoms with Gasteiger partial charge in [0.15, 0.2) is 0 Å². The summed E-state index contributed by atoms with van der Waals surface area (Å²) in [7, 11) is 2.08. The Labute approximate surface area is 106 Å². The molecule has 1 N–H and O–H groups in total. The average Bonchev–Trinajstić information content (AvgIpc) is 3.12. The van der Waals surface area contributed by atoms with Gasteiger partial charge in [-0.15, -0.1) is 0 Å². The van der Waals surface area contributed by atoms with Crippen LogP contribution >= 0.6 is 11.6 Å². The number of nitrogens with zero attached hydrogens (tertiary/aromatic N) is 2. The molecule has 92 valence electrons. The highest BCUT2D eigenvalue weighted by Crippen LogP contribution is 2.24. The molecule has 1 aliphatic rings. The molecule has 0 aliphatic heterocycles. The highest BCUT2D eigenvalue weighted by molar-refractivity contribution is 6.30. The van der Waals surface area contributed by atoms with Crippen LogP contribution in [0.4, 0.5) is 0 Å². The van der Waals surface area contributed by atoms with Crippen LogP contribution in [0.3, 0.4) is 0 Å². The summed E-state index contributed by atoms with van der Waals surface area (Å²) in [5, 5.41) is 3.37. The van der Waals surface area contributed by atoms with Crippen molar-refractivity contribution in [2.75, 3.05) is 20.1 Å². The van der Waals surface area contributed by atoms with Gasteiger partial charge < -0.3 is 10.2 Å². The van der Waals surface area contributed by atoms with E-state index in [-0.39, 0.29) is 5.91 Å². The number of nitrogens with one attached hydrogen (secondary N) is 1. The van der Waals surface area contributed by atoms with E-state index in [9.17, 15) is 4.79 Å². The number of carbonyl (C=O) groups excluding carboxylic acids is 1. The zero-order chi connectivity index (χ0) is 12.3. The predicted molar refractivity (Wildman–Crippen MR) is 67.2 cm³/mol. The van der Waals surface area contributed by atoms with Crippen LogP contribution in [-0.4, -0.2) is 42.0 Å². The Balaban J connectivity index is 1.76. The highest BCUT2D eigenvalue weighted by atomic mass is 35.5. The fraction of sp³-hybridized carbons (Fsp3) is 0.500. The van der Waals surface area contributed by atoms with Crippen molar-refractivity contribution >= 4 is 17.5 Å². The van der Waals surface area contributed by atoms with Crippen molar-refractivity contribution in [2.24, 2.45) is 0 Å². The van der Waals surface area contributed by atoms with Crippen LogP contribution in [0.1, 0.15) is 23.3 Å². The lowest BCUT2D eigenvalue weighted by molar-refractivity contribution is 0.0944. The normalized spacial score (nSPS) is 15.0. The molecule has 17 heavy (non-hydrogen) atoms. The van der Waals surface area contributed by atoms with E-state index in [4.69, 9.17) is 11.6 Å². The lowest BCUT2D eigenvalue weighted by Gasteiger charge is -2.15. The first-order valence-corrected chi connectivity index (χ1v) is 6.14. The van der Waals surface area contributed by atoms with Crippen LogP contribution in [0.5, 0.6) is 0 Å². The van der Waals surface area contributed by atoms with Crippen molar-refractivity contribution in [3.8, 4) is 0 Å². The summed E-state index contributed by atoms with van der Waals surface area (Å²) >= 11 is 5.80. The van der Waals surface area contributed by atoms with Gasteiger partial charge in [0.05, 0.1) is 0 Å². The monoisotopic (exact) mass is 253 g/mol. The van der Waals surface area contributed by atoms with Gasteiger partial charge in [0.25, 0.3) is 5.91 Å². The van der Waals surface area contributed by atoms with Crippen LogP contribution in [0.15, 0.2) is 18.3 Å². The van der Waals surface area contributed by atoms with Gasteiger partial charge in [0.1, 0.15) is 5.69 Å². The van der Waals surface area contributed by atoms with E-state index in [2.05, 4.69) is 22.2 Å². The molecular weight excluding hydrogens is 238 g/mol. The maximum Gasteiger partial charge on any atom is 0.269 e. The summed E-state index contributed by atoms with van der Waals surface area (Å²) in [6, 6.07) is 3.94. The molecule has 0 aromatic carbocycles. The lowest BCUT2D eigenvalue weighted by atomic mass is 10.3. The molecule has 4 nitrogen and oxygen atoms in total. The number of carbonyl (C=O) groups is 1. The van der Waals surface area contributed by atoms with Crippen molar-refractivity contribution in [1.29, 1.82) is 0 Å². The zero-order valence-electron chi connectivity index (χ0n) is 9.82. The maximum atomic E-state index is 11.7. The maximum absolute atomic E-state index is 11.7. The third kappa shape index (κ3) is 3.68. The van der Waals surface area contributed by atoms with Crippen molar-refractivity contribution in [1.82, 2.24) is 15.2 Å². The molecule has 0 bridgehead atoms. The Bertz CT molecular complexity index is 406. The summed E-state index contributed by atoms with van der Waals surface area (Å²) in [5.74, 6) is -0.170. The Morgan fingerprint density at radius 3 is 3.06 bits per heavy atom. The molecule has 0 atom stereocenters. The molecule has 5 heteroatoms. The zero-order valence-corrected chi connectivity index (χ0v) is 10.6. The van der Waals surface area contributed by atoms with Crippen LogP contribution < -0.4 is 5.32 Å². The largest absolute Gasteiger partial charge is 0.349 e. The molecule has 0 radical (unpaired) electrons. The van der Waals surface area contributed by atoms with Gasteiger partial charge in [-0.2, -0.15) is 0 Å². The minimum Gasteiger partial charge on any atom is -0.349 e. The summed E-state index contributed by atoms with van der Waals surface area (Å²) in [5.41, 5.74) is 0.367. The number of halogens is 1. The molecule has 1 fully saturated rings. The predicted octanol–water partition coefficient (Wildman–Crippen LogP) is 1.56. The van der Waals surface area contributed by atoms with Crippen LogP contribution in [0, 0.1) is 0 Å². The van der Waals surface area contributed by atoms with Gasteiger partial charge in [0, 0.05) is 30.4 Å². The third-order valence-electron chi connectivity index (χ3n) is 2.87. The minimum atomic E-state index is -0.170. The Hall–Kier alpha value is -1.13. The van der Waals surface area contributed by atoms with Crippen LogP contribution in [-0.2, 0) is 0 Å². The van der Waals surface area contributed by atoms with E-state index < -0.39 is 0 Å². The number of likely N-dealkylation sites (N-methyl/N-ethyl adjacent to an activating group) is 1. The highest BCUT2D eigenvalue weighted by Gasteiger charge is 2.25. The van der Waals surface area contributed by atoms with Crippen molar-refractivity contribution in [2.45, 2.75) is 18.9 Å². The molecule has 0 saturated heterocycles. The second-order valence-corrected chi connectivity index (χ2v) is 4.76. The number of rotatable bonds is 5. The van der Waals surface area contributed by atoms with Gasteiger partial charge in [-0.3, -0.25) is 9.78 Å². The molecular formula is C12H16ClN3O. The van der Waals surface area contributed by atoms with Gasteiger partial charge in [-0.1, -0.05) is 11.6 Å². The van der Waals surface area contributed by atoms with E-state index in [1.807, 2.05) is 0 Å². The number of amides is 1. The molecule has 2 rings (SSSR count). The first-order chi connectivity index (χ1) is 8.16. The standard InChI is InChI=1S/C12H16ClN3O/c1-16(10-2-3-10)7-6-15-12(17)11-8-9(13)4-5-14-11/h4-5,8,10H,2-3,6-7H2,1H3,(H,15,17). The average molecular weight is 254 g/mol. The van der Waals surface area contributed by atoms with E-state index in [0.29, 0.717) is 17.3 Å². The smallest absolute Gasteiger partial charge is 0.269 e. The van der Waals surface area contributed by atoms with Crippen LogP contribution in [0.25, 0.3) is 0 Å². The summed E-state index contributed by atoms with van der Waals surface area (Å²) < 4.78 is 0. The molecule has 1 aromatic heterocycles. The van der Waals surface area contributed by atoms with Gasteiger partial charge in [-0.25, -0.2) is 0 Å². The fourth-order valence-corrected chi connectivity index (χ4v) is 1.82. The molecule has 1 aliphatic carbocycles. The summed E-state index contributed by atoms with van der Waals surface area (Å²) in [4.78, 5) is 18.0. The Kier molecular flexibility index (Phi) is 3.97. The first-order valence-electron chi connectivity index (χ1n) is 5.77. The lowest BCUT2D eigenvalue weighted by Crippen LogP contribution is -2.34. The number of aromatic nitrogens is 1. The number of hydrogen-bond acceptors (Lipinski definition) is 3. The molecule has 1 amide bonds. The number of hydrogen-bond donors (Lipinski definition) is 1. The molecule has 1 aromatic rings. The summed E-state index contributed by atoms with van der Waals surface area (Å²) in [6.07, 6.45) is 4.09. The van der Waals surface area contributed by atoms with E-state index in [1.165, 1.54) is 19.0 Å². The number of pyridine rings is 1. The van der Waals surface area contributed by atoms with Gasteiger partial charge in [0.2, 0.25) is 0 Å². The third-order valence-corrected chi connectivity index (χ3v) is 3.11. The quantitative estimate of drug-likeness (QED) is 0.866. The van der Waals surface area contributed by atoms with Gasteiger partial charge >= 0.3 is 0 Å². The molecule has 1 heterocycles. The Morgan fingerprint density at radius 1 is 1.65 bits per heavy atom. The second-order valence-electron chi connectivity index (χ2n) is 4.33. The second kappa shape index (κ2) is 5.47. The molecule has 0 unspecified atom stereocenters. The fourth-order valence-electron chi connectivity index (χ4n) is 1.66. The first kappa shape index (κ1) is 12.3. The van der Waals surface area contributed by atoms with E-state index in [1.54, 1.807) is 12.1 Å². The van der Waals surface area contributed by atoms with Crippen molar-refractivity contribution in [3.05, 3.63) is 29.0 Å². The van der Waals surface area contributed by atoms with E-state index in [0.717, 1.165) is 12.6 Å². The molecule has 1 saturated carbocycles. The topological polar surface area (TPSA) is 45.2 Å². The van der Waals surface area contributed by atoms with Crippen LogP contribution in [0.2, 0.25) is 5.02 Å². The summed E-state index contributed by atoms with van der Waals surface area (Å²) in [6.45, 7) is 1.51. The van der Waals surface area contributed by atoms with Gasteiger partial charge in [-0.05, 0) is 32.0 Å². The SMILES string of the molecule is CN(CCNC(=O)c1cc(Cl)ccn1)C1CC1. The van der Waals surface area contributed by atoms with E-state index >= 15 is 0 Å². The minimum absolute atomic E-state index is 0.170. The molecule has 0 spiro atoms. The Morgan fingerprint density at radius 2 is 2.41 bits per heavy atom. The van der Waals surface area contributed by atoms with Crippen molar-refractivity contribution in [3.63, 3.8) is 0 Å².